The molecule has 0 saturated carbocycles. The van der Waals surface area contributed by atoms with Gasteiger partial charge in [-0.3, -0.25) is 4.79 Å². The van der Waals surface area contributed by atoms with Crippen LogP contribution in [-0.2, 0) is 17.8 Å². The maximum absolute atomic E-state index is 12.2. The van der Waals surface area contributed by atoms with Gasteiger partial charge in [0.25, 0.3) is 5.91 Å². The highest BCUT2D eigenvalue weighted by Crippen LogP contribution is 2.24. The molecule has 1 aliphatic rings. The number of rotatable bonds is 3. The molecule has 22 heavy (non-hydrogen) atoms. The number of anilines is 1. The Labute approximate surface area is 139 Å². The number of benzene rings is 2. The second-order valence-corrected chi connectivity index (χ2v) is 6.36. The van der Waals surface area contributed by atoms with E-state index in [0.717, 1.165) is 19.5 Å². The van der Waals surface area contributed by atoms with Gasteiger partial charge in [0.15, 0.2) is 6.54 Å². The minimum Gasteiger partial charge on any atom is -0.323 e. The first-order valence-corrected chi connectivity index (χ1v) is 8.02. The van der Waals surface area contributed by atoms with Crippen molar-refractivity contribution >= 4 is 34.8 Å². The molecule has 2 N–H and O–H groups in total. The largest absolute Gasteiger partial charge is 0.323 e. The summed E-state index contributed by atoms with van der Waals surface area (Å²) in [5.41, 5.74) is 3.42. The minimum absolute atomic E-state index is 0.00669. The van der Waals surface area contributed by atoms with Crippen molar-refractivity contribution in [1.82, 2.24) is 0 Å². The van der Waals surface area contributed by atoms with Crippen LogP contribution in [0.25, 0.3) is 0 Å². The van der Waals surface area contributed by atoms with Crippen LogP contribution >= 0.6 is 23.2 Å². The summed E-state index contributed by atoms with van der Waals surface area (Å²) >= 11 is 11.8. The van der Waals surface area contributed by atoms with Crippen molar-refractivity contribution in [3.63, 3.8) is 0 Å². The summed E-state index contributed by atoms with van der Waals surface area (Å²) in [7, 11) is 0. The van der Waals surface area contributed by atoms with Crippen LogP contribution < -0.4 is 10.2 Å². The van der Waals surface area contributed by atoms with Crippen molar-refractivity contribution < 1.29 is 9.69 Å². The molecule has 0 fully saturated rings. The Hall–Kier alpha value is -1.55. The van der Waals surface area contributed by atoms with Crippen molar-refractivity contribution in [2.75, 3.05) is 18.4 Å². The summed E-state index contributed by atoms with van der Waals surface area (Å²) in [6.07, 6.45) is 1.02. The topological polar surface area (TPSA) is 33.5 Å². The van der Waals surface area contributed by atoms with E-state index in [1.807, 2.05) is 0 Å². The van der Waals surface area contributed by atoms with E-state index in [1.165, 1.54) is 16.0 Å². The van der Waals surface area contributed by atoms with E-state index in [2.05, 4.69) is 29.6 Å². The Morgan fingerprint density at radius 3 is 2.64 bits per heavy atom. The fourth-order valence-corrected chi connectivity index (χ4v) is 3.10. The molecule has 5 heteroatoms. The van der Waals surface area contributed by atoms with E-state index in [4.69, 9.17) is 23.2 Å². The number of hydrogen-bond donors (Lipinski definition) is 2. The van der Waals surface area contributed by atoms with Crippen LogP contribution in [-0.4, -0.2) is 19.0 Å². The lowest BCUT2D eigenvalue weighted by molar-refractivity contribution is -0.907. The second kappa shape index (κ2) is 6.69. The van der Waals surface area contributed by atoms with Crippen LogP contribution in [0.3, 0.4) is 0 Å². The van der Waals surface area contributed by atoms with Gasteiger partial charge in [-0.25, -0.2) is 0 Å². The lowest BCUT2D eigenvalue weighted by Gasteiger charge is -2.25. The van der Waals surface area contributed by atoms with Gasteiger partial charge in [-0.1, -0.05) is 47.5 Å². The summed E-state index contributed by atoms with van der Waals surface area (Å²) in [5.74, 6) is -0.00669. The molecule has 114 valence electrons. The van der Waals surface area contributed by atoms with Crippen LogP contribution in [0.15, 0.2) is 42.5 Å². The summed E-state index contributed by atoms with van der Waals surface area (Å²) in [6, 6.07) is 13.5. The first kappa shape index (κ1) is 15.3. The van der Waals surface area contributed by atoms with Crippen LogP contribution in [0.5, 0.6) is 0 Å². The predicted octanol–water partition coefficient (Wildman–Crippen LogP) is 2.57. The zero-order valence-electron chi connectivity index (χ0n) is 12.0. The number of carbonyl (C=O) groups is 1. The number of carbonyl (C=O) groups excluding carboxylic acids is 1. The number of nitrogens with one attached hydrogen (secondary N) is 2. The second-order valence-electron chi connectivity index (χ2n) is 5.55. The zero-order chi connectivity index (χ0) is 15.5. The smallest absolute Gasteiger partial charge is 0.279 e. The SMILES string of the molecule is O=C(C[NH+]1CCc2ccccc2C1)Nc1ccc(Cl)c(Cl)c1. The number of fused-ring (bicyclic) bond motifs is 1. The summed E-state index contributed by atoms with van der Waals surface area (Å²) in [5, 5.41) is 3.81. The third kappa shape index (κ3) is 3.61. The first-order valence-electron chi connectivity index (χ1n) is 7.27. The van der Waals surface area contributed by atoms with Crippen LogP contribution in [0, 0.1) is 0 Å². The molecular weight excluding hydrogens is 319 g/mol. The lowest BCUT2D eigenvalue weighted by atomic mass is 10.00. The third-order valence-electron chi connectivity index (χ3n) is 3.92. The Bertz CT molecular complexity index is 703. The maximum Gasteiger partial charge on any atom is 0.279 e. The third-order valence-corrected chi connectivity index (χ3v) is 4.66. The van der Waals surface area contributed by atoms with Gasteiger partial charge in [0.2, 0.25) is 0 Å². The molecule has 0 aliphatic carbocycles. The van der Waals surface area contributed by atoms with Gasteiger partial charge in [-0.2, -0.15) is 0 Å². The van der Waals surface area contributed by atoms with E-state index in [1.54, 1.807) is 18.2 Å². The van der Waals surface area contributed by atoms with Gasteiger partial charge in [0, 0.05) is 17.7 Å². The molecule has 2 aromatic rings. The minimum atomic E-state index is -0.00669. The van der Waals surface area contributed by atoms with E-state index >= 15 is 0 Å². The van der Waals surface area contributed by atoms with Crippen molar-refractivity contribution in [3.05, 3.63) is 63.6 Å². The monoisotopic (exact) mass is 335 g/mol. The number of hydrogen-bond acceptors (Lipinski definition) is 1. The quantitative estimate of drug-likeness (QED) is 0.888. The fourth-order valence-electron chi connectivity index (χ4n) is 2.80. The van der Waals surface area contributed by atoms with Gasteiger partial charge in [-0.05, 0) is 23.8 Å². The average molecular weight is 336 g/mol. The summed E-state index contributed by atoms with van der Waals surface area (Å²) < 4.78 is 0. The molecule has 1 aliphatic heterocycles. The van der Waals surface area contributed by atoms with Gasteiger partial charge in [-0.15, -0.1) is 0 Å². The predicted molar refractivity (Wildman–Crippen MR) is 89.6 cm³/mol. The number of quaternary nitrogens is 1. The van der Waals surface area contributed by atoms with Gasteiger partial charge < -0.3 is 10.2 Å². The van der Waals surface area contributed by atoms with Gasteiger partial charge in [0.05, 0.1) is 16.6 Å². The Kier molecular flexibility index (Phi) is 4.67. The molecule has 0 radical (unpaired) electrons. The zero-order valence-corrected chi connectivity index (χ0v) is 13.5. The number of halogens is 2. The van der Waals surface area contributed by atoms with Gasteiger partial charge in [0.1, 0.15) is 6.54 Å². The molecule has 2 aromatic carbocycles. The first-order chi connectivity index (χ1) is 10.6. The van der Waals surface area contributed by atoms with E-state index < -0.39 is 0 Å². The fraction of sp³-hybridized carbons (Fsp3) is 0.235. The molecule has 1 amide bonds. The maximum atomic E-state index is 12.2. The highest BCUT2D eigenvalue weighted by Gasteiger charge is 2.21. The molecule has 0 bridgehead atoms. The Balaban J connectivity index is 1.59. The summed E-state index contributed by atoms with van der Waals surface area (Å²) in [4.78, 5) is 13.5. The molecular formula is C17H17Cl2N2O+. The molecule has 0 saturated heterocycles. The average Bonchev–Trinajstić information content (AvgIpc) is 2.51. The molecule has 1 atom stereocenters. The molecule has 3 rings (SSSR count). The Morgan fingerprint density at radius 1 is 1.09 bits per heavy atom. The Morgan fingerprint density at radius 2 is 1.86 bits per heavy atom. The van der Waals surface area contributed by atoms with Crippen molar-refractivity contribution in [3.8, 4) is 0 Å². The van der Waals surface area contributed by atoms with E-state index in [-0.39, 0.29) is 5.91 Å². The van der Waals surface area contributed by atoms with E-state index in [9.17, 15) is 4.79 Å². The summed E-state index contributed by atoms with van der Waals surface area (Å²) in [6.45, 7) is 2.32. The van der Waals surface area contributed by atoms with Crippen LogP contribution in [0.2, 0.25) is 10.0 Å². The normalized spacial score (nSPS) is 16.9. The molecule has 0 aromatic heterocycles. The highest BCUT2D eigenvalue weighted by molar-refractivity contribution is 6.42. The number of amides is 1. The molecule has 1 unspecified atom stereocenters. The molecule has 1 heterocycles. The molecule has 3 nitrogen and oxygen atoms in total. The van der Waals surface area contributed by atoms with Crippen molar-refractivity contribution in [2.24, 2.45) is 0 Å². The molecule has 0 spiro atoms. The van der Waals surface area contributed by atoms with Crippen molar-refractivity contribution in [2.45, 2.75) is 13.0 Å². The van der Waals surface area contributed by atoms with E-state index in [0.29, 0.717) is 22.3 Å². The lowest BCUT2D eigenvalue weighted by Crippen LogP contribution is -3.12. The van der Waals surface area contributed by atoms with Crippen molar-refractivity contribution in [1.29, 1.82) is 0 Å². The standard InChI is InChI=1S/C17H16Cl2N2O/c18-15-6-5-14(9-16(15)19)20-17(22)11-21-8-7-12-3-1-2-4-13(12)10-21/h1-6,9H,7-8,10-11H2,(H,20,22)/p+1. The van der Waals surface area contributed by atoms with Gasteiger partial charge >= 0.3 is 0 Å². The highest BCUT2D eigenvalue weighted by atomic mass is 35.5. The van der Waals surface area contributed by atoms with Crippen LogP contribution in [0.1, 0.15) is 11.1 Å². The van der Waals surface area contributed by atoms with Crippen LogP contribution in [0.4, 0.5) is 5.69 Å².